The van der Waals surface area contributed by atoms with Gasteiger partial charge in [-0.05, 0) is 29.7 Å². The number of halogens is 3. The van der Waals surface area contributed by atoms with Crippen LogP contribution in [0, 0.1) is 11.6 Å². The van der Waals surface area contributed by atoms with Crippen LogP contribution >= 0.6 is 15.9 Å². The minimum Gasteiger partial charge on any atom is -0.490 e. The van der Waals surface area contributed by atoms with Gasteiger partial charge in [-0.15, -0.1) is 0 Å². The number of fused-ring (bicyclic) bond motifs is 1. The van der Waals surface area contributed by atoms with E-state index in [4.69, 9.17) is 4.74 Å². The first-order valence-corrected chi connectivity index (χ1v) is 6.79. The van der Waals surface area contributed by atoms with Gasteiger partial charge in [0, 0.05) is 10.4 Å². The molecule has 1 nitrogen and oxygen atoms in total. The molecule has 2 aromatic rings. The largest absolute Gasteiger partial charge is 0.490 e. The fourth-order valence-electron chi connectivity index (χ4n) is 2.34. The maximum Gasteiger partial charge on any atom is 0.200 e. The van der Waals surface area contributed by atoms with Crippen LogP contribution in [-0.4, -0.2) is 6.61 Å². The first-order valence-electron chi connectivity index (χ1n) is 6.00. The van der Waals surface area contributed by atoms with Crippen LogP contribution in [0.25, 0.3) is 0 Å². The molecule has 0 aliphatic heterocycles. The van der Waals surface area contributed by atoms with Crippen molar-refractivity contribution in [3.8, 4) is 5.75 Å². The highest BCUT2D eigenvalue weighted by molar-refractivity contribution is 9.10. The van der Waals surface area contributed by atoms with E-state index in [0.29, 0.717) is 11.1 Å². The summed E-state index contributed by atoms with van der Waals surface area (Å²) in [4.78, 5) is 0. The molecule has 0 heterocycles. The average molecular weight is 325 g/mol. The van der Waals surface area contributed by atoms with E-state index in [1.807, 2.05) is 18.2 Å². The van der Waals surface area contributed by atoms with Crippen LogP contribution in [-0.2, 0) is 6.42 Å². The zero-order chi connectivity index (χ0) is 13.4. The monoisotopic (exact) mass is 324 g/mol. The smallest absolute Gasteiger partial charge is 0.200 e. The molecule has 0 radical (unpaired) electrons. The van der Waals surface area contributed by atoms with E-state index in [1.165, 1.54) is 17.2 Å². The second-order valence-electron chi connectivity index (χ2n) is 4.61. The van der Waals surface area contributed by atoms with Crippen molar-refractivity contribution >= 4 is 15.9 Å². The van der Waals surface area contributed by atoms with Gasteiger partial charge in [0.05, 0.1) is 6.61 Å². The van der Waals surface area contributed by atoms with Gasteiger partial charge in [0.1, 0.15) is 0 Å². The van der Waals surface area contributed by atoms with Crippen molar-refractivity contribution in [3.63, 3.8) is 0 Å². The number of benzene rings is 2. The van der Waals surface area contributed by atoms with Gasteiger partial charge in [0.2, 0.25) is 5.82 Å². The molecule has 98 valence electrons. The normalized spacial score (nSPS) is 16.7. The highest BCUT2D eigenvalue weighted by atomic mass is 79.9. The second-order valence-corrected chi connectivity index (χ2v) is 5.53. The average Bonchev–Trinajstić information content (AvgIpc) is 2.36. The lowest BCUT2D eigenvalue weighted by atomic mass is 9.78. The molecule has 0 saturated carbocycles. The molecule has 0 fully saturated rings. The number of rotatable bonds is 3. The van der Waals surface area contributed by atoms with Crippen LogP contribution in [0.1, 0.15) is 17.0 Å². The molecular weight excluding hydrogens is 314 g/mol. The molecule has 0 saturated heterocycles. The highest BCUT2D eigenvalue weighted by Crippen LogP contribution is 2.35. The molecule has 1 unspecified atom stereocenters. The third kappa shape index (κ3) is 2.37. The van der Waals surface area contributed by atoms with E-state index in [0.717, 1.165) is 12.5 Å². The Kier molecular flexibility index (Phi) is 3.27. The van der Waals surface area contributed by atoms with Gasteiger partial charge < -0.3 is 4.74 Å². The molecule has 4 heteroatoms. The third-order valence-corrected chi connectivity index (χ3v) is 3.82. The lowest BCUT2D eigenvalue weighted by Gasteiger charge is -2.29. The minimum atomic E-state index is -0.934. The van der Waals surface area contributed by atoms with Gasteiger partial charge in [-0.25, -0.2) is 4.39 Å². The Morgan fingerprint density at radius 2 is 2.00 bits per heavy atom. The molecular formula is C15H11BrF2O. The van der Waals surface area contributed by atoms with Gasteiger partial charge in [0.25, 0.3) is 0 Å². The zero-order valence-corrected chi connectivity index (χ0v) is 11.6. The van der Waals surface area contributed by atoms with E-state index in [9.17, 15) is 8.78 Å². The van der Waals surface area contributed by atoms with Gasteiger partial charge in [0.15, 0.2) is 11.6 Å². The van der Waals surface area contributed by atoms with Crippen molar-refractivity contribution in [2.45, 2.75) is 12.3 Å². The summed E-state index contributed by atoms with van der Waals surface area (Å²) in [6.07, 6.45) is 0.925. The molecule has 3 rings (SSSR count). The summed E-state index contributed by atoms with van der Waals surface area (Å²) in [6.45, 7) is 0.365. The van der Waals surface area contributed by atoms with Crippen LogP contribution < -0.4 is 4.74 Å². The number of ether oxygens (including phenoxy) is 1. The van der Waals surface area contributed by atoms with Gasteiger partial charge in [-0.2, -0.15) is 4.39 Å². The Morgan fingerprint density at radius 1 is 1.21 bits per heavy atom. The van der Waals surface area contributed by atoms with Crippen molar-refractivity contribution in [3.05, 3.63) is 63.6 Å². The minimum absolute atomic E-state index is 0.0451. The molecule has 0 spiro atoms. The van der Waals surface area contributed by atoms with Gasteiger partial charge >= 0.3 is 0 Å². The summed E-state index contributed by atoms with van der Waals surface area (Å²) in [5, 5.41) is 0. The summed E-state index contributed by atoms with van der Waals surface area (Å²) in [6, 6.07) is 10.6. The third-order valence-electron chi connectivity index (χ3n) is 3.36. The summed E-state index contributed by atoms with van der Waals surface area (Å²) < 4.78 is 32.6. The molecule has 0 bridgehead atoms. The molecule has 1 aliphatic carbocycles. The van der Waals surface area contributed by atoms with E-state index in [2.05, 4.69) is 22.0 Å². The molecule has 1 aliphatic rings. The highest BCUT2D eigenvalue weighted by Gasteiger charge is 2.26. The van der Waals surface area contributed by atoms with Crippen LogP contribution in [0.5, 0.6) is 5.75 Å². The number of hydrogen-bond acceptors (Lipinski definition) is 1. The maximum atomic E-state index is 13.5. The lowest BCUT2D eigenvalue weighted by Crippen LogP contribution is -2.23. The first-order chi connectivity index (χ1) is 9.15. The van der Waals surface area contributed by atoms with Crippen LogP contribution in [0.15, 0.2) is 40.9 Å². The summed E-state index contributed by atoms with van der Waals surface area (Å²) in [5.74, 6) is -1.62. The van der Waals surface area contributed by atoms with Crippen molar-refractivity contribution in [2.75, 3.05) is 6.61 Å². The maximum absolute atomic E-state index is 13.5. The zero-order valence-electron chi connectivity index (χ0n) is 10.00. The van der Waals surface area contributed by atoms with Crippen LogP contribution in [0.4, 0.5) is 8.78 Å². The summed E-state index contributed by atoms with van der Waals surface area (Å²) >= 11 is 3.12. The van der Waals surface area contributed by atoms with Crippen molar-refractivity contribution in [2.24, 2.45) is 0 Å². The van der Waals surface area contributed by atoms with Gasteiger partial charge in [-0.1, -0.05) is 40.2 Å². The van der Waals surface area contributed by atoms with E-state index >= 15 is 0 Å². The van der Waals surface area contributed by atoms with Crippen molar-refractivity contribution in [1.29, 1.82) is 0 Å². The van der Waals surface area contributed by atoms with Crippen molar-refractivity contribution in [1.82, 2.24) is 0 Å². The van der Waals surface area contributed by atoms with E-state index in [-0.39, 0.29) is 11.7 Å². The number of hydrogen-bond donors (Lipinski definition) is 0. The molecule has 1 atom stereocenters. The standard InChI is InChI=1S/C15H11BrF2O/c16-11-6-13(17)15(18)14(7-11)19-8-10-5-9-3-1-2-4-12(9)10/h1-4,6-7,10H,5,8H2. The fraction of sp³-hybridized carbons (Fsp3) is 0.200. The Morgan fingerprint density at radius 3 is 2.79 bits per heavy atom. The Balaban J connectivity index is 1.72. The molecule has 0 N–H and O–H groups in total. The second kappa shape index (κ2) is 4.93. The first kappa shape index (κ1) is 12.6. The topological polar surface area (TPSA) is 9.23 Å². The molecule has 0 amide bonds. The lowest BCUT2D eigenvalue weighted by molar-refractivity contribution is 0.259. The summed E-state index contributed by atoms with van der Waals surface area (Å²) in [7, 11) is 0. The molecule has 2 aromatic carbocycles. The van der Waals surface area contributed by atoms with Crippen LogP contribution in [0.2, 0.25) is 0 Å². The van der Waals surface area contributed by atoms with Gasteiger partial charge in [-0.3, -0.25) is 0 Å². The molecule has 19 heavy (non-hydrogen) atoms. The Labute approximate surface area is 118 Å². The van der Waals surface area contributed by atoms with Crippen molar-refractivity contribution < 1.29 is 13.5 Å². The Hall–Kier alpha value is -1.42. The summed E-state index contributed by atoms with van der Waals surface area (Å²) in [5.41, 5.74) is 2.54. The quantitative estimate of drug-likeness (QED) is 0.758. The predicted octanol–water partition coefficient (Wildman–Crippen LogP) is 4.45. The SMILES string of the molecule is Fc1cc(Br)cc(OCC2Cc3ccccc32)c1F. The Bertz CT molecular complexity index is 628. The van der Waals surface area contributed by atoms with E-state index < -0.39 is 11.6 Å². The van der Waals surface area contributed by atoms with E-state index in [1.54, 1.807) is 0 Å². The molecule has 0 aromatic heterocycles. The fourth-order valence-corrected chi connectivity index (χ4v) is 2.75. The van der Waals surface area contributed by atoms with Crippen LogP contribution in [0.3, 0.4) is 0 Å². The predicted molar refractivity (Wildman–Crippen MR) is 72.4 cm³/mol.